The molecule has 1 amide bonds. The van der Waals surface area contributed by atoms with E-state index >= 15 is 0 Å². The Morgan fingerprint density at radius 3 is 2.32 bits per heavy atom. The van der Waals surface area contributed by atoms with Crippen LogP contribution in [-0.4, -0.2) is 27.9 Å². The number of hydrogen-bond acceptors (Lipinski definition) is 4. The second-order valence-corrected chi connectivity index (χ2v) is 5.38. The van der Waals surface area contributed by atoms with Crippen molar-refractivity contribution in [2.45, 2.75) is 17.9 Å². The van der Waals surface area contributed by atoms with E-state index in [0.29, 0.717) is 19.5 Å². The minimum absolute atomic E-state index is 0. The zero-order valence-electron chi connectivity index (χ0n) is 10.5. The van der Waals surface area contributed by atoms with Gasteiger partial charge in [0.25, 0.3) is 0 Å². The number of halogens is 1. The Balaban J connectivity index is 0.00000324. The molecule has 1 rings (SSSR count). The highest BCUT2D eigenvalue weighted by Crippen LogP contribution is 2.08. The van der Waals surface area contributed by atoms with Gasteiger partial charge in [0.15, 0.2) is 0 Å². The van der Waals surface area contributed by atoms with E-state index in [4.69, 9.17) is 5.14 Å². The van der Waals surface area contributed by atoms with Crippen LogP contribution in [0.2, 0.25) is 0 Å². The van der Waals surface area contributed by atoms with Crippen LogP contribution in [0.15, 0.2) is 29.2 Å². The number of nitrogens with one attached hydrogen (secondary N) is 2. The van der Waals surface area contributed by atoms with Gasteiger partial charge in [-0.25, -0.2) is 13.6 Å². The largest absolute Gasteiger partial charge is 0.352 e. The predicted octanol–water partition coefficient (Wildman–Crippen LogP) is -0.0185. The summed E-state index contributed by atoms with van der Waals surface area (Å²) in [6, 6.07) is 6.09. The van der Waals surface area contributed by atoms with Gasteiger partial charge in [0, 0.05) is 19.5 Å². The van der Waals surface area contributed by atoms with Gasteiger partial charge in [-0.15, -0.1) is 12.4 Å². The molecule has 6 nitrogen and oxygen atoms in total. The Kier molecular flexibility index (Phi) is 7.62. The molecule has 1 aromatic carbocycles. The van der Waals surface area contributed by atoms with Crippen molar-refractivity contribution in [1.82, 2.24) is 10.6 Å². The van der Waals surface area contributed by atoms with Crippen LogP contribution in [0.4, 0.5) is 0 Å². The third kappa shape index (κ3) is 6.53. The first-order valence-corrected chi connectivity index (χ1v) is 7.01. The molecule has 108 valence electrons. The summed E-state index contributed by atoms with van der Waals surface area (Å²) in [5.41, 5.74) is 0.820. The van der Waals surface area contributed by atoms with Gasteiger partial charge in [0.05, 0.1) is 4.90 Å². The molecular formula is C11H18ClN3O3S. The molecule has 4 N–H and O–H groups in total. The Morgan fingerprint density at radius 2 is 1.84 bits per heavy atom. The number of sulfonamides is 1. The highest BCUT2D eigenvalue weighted by molar-refractivity contribution is 7.89. The third-order valence-corrected chi connectivity index (χ3v) is 3.27. The Labute approximate surface area is 119 Å². The van der Waals surface area contributed by atoms with Gasteiger partial charge in [-0.1, -0.05) is 12.1 Å². The molecule has 0 aliphatic heterocycles. The van der Waals surface area contributed by atoms with Crippen molar-refractivity contribution in [2.24, 2.45) is 5.14 Å². The average molecular weight is 308 g/mol. The summed E-state index contributed by atoms with van der Waals surface area (Å²) in [7, 11) is -1.88. The first-order chi connectivity index (χ1) is 8.43. The monoisotopic (exact) mass is 307 g/mol. The lowest BCUT2D eigenvalue weighted by Crippen LogP contribution is -2.26. The van der Waals surface area contributed by atoms with E-state index in [1.165, 1.54) is 12.1 Å². The molecule has 0 atom stereocenters. The van der Waals surface area contributed by atoms with Crippen molar-refractivity contribution in [3.8, 4) is 0 Å². The van der Waals surface area contributed by atoms with Crippen LogP contribution in [-0.2, 0) is 21.4 Å². The summed E-state index contributed by atoms with van der Waals surface area (Å²) in [6.07, 6.45) is 0.408. The molecule has 0 aromatic heterocycles. The second kappa shape index (κ2) is 8.11. The number of nitrogens with two attached hydrogens (primary N) is 1. The number of rotatable bonds is 6. The molecule has 0 fully saturated rings. The van der Waals surface area contributed by atoms with Crippen LogP contribution < -0.4 is 15.8 Å². The van der Waals surface area contributed by atoms with E-state index in [2.05, 4.69) is 10.6 Å². The SMILES string of the molecule is CNCCC(=O)NCc1ccc(S(N)(=O)=O)cc1.Cl. The molecule has 0 aliphatic rings. The molecule has 0 unspecified atom stereocenters. The van der Waals surface area contributed by atoms with Gasteiger partial charge in [0.1, 0.15) is 0 Å². The lowest BCUT2D eigenvalue weighted by molar-refractivity contribution is -0.121. The zero-order chi connectivity index (χ0) is 13.6. The van der Waals surface area contributed by atoms with Crippen molar-refractivity contribution in [3.63, 3.8) is 0 Å². The van der Waals surface area contributed by atoms with Crippen LogP contribution >= 0.6 is 12.4 Å². The fourth-order valence-corrected chi connectivity index (χ4v) is 1.84. The van der Waals surface area contributed by atoms with Gasteiger partial charge >= 0.3 is 0 Å². The second-order valence-electron chi connectivity index (χ2n) is 3.82. The number of carbonyl (C=O) groups excluding carboxylic acids is 1. The molecule has 1 aromatic rings. The van der Waals surface area contributed by atoms with Gasteiger partial charge in [-0.05, 0) is 24.7 Å². The number of carbonyl (C=O) groups is 1. The molecule has 19 heavy (non-hydrogen) atoms. The Bertz CT molecular complexity index is 502. The normalized spacial score (nSPS) is 10.6. The van der Waals surface area contributed by atoms with Crippen molar-refractivity contribution in [1.29, 1.82) is 0 Å². The number of hydrogen-bond donors (Lipinski definition) is 3. The molecule has 8 heteroatoms. The van der Waals surface area contributed by atoms with E-state index < -0.39 is 10.0 Å². The van der Waals surface area contributed by atoms with E-state index in [9.17, 15) is 13.2 Å². The molecule has 0 aliphatic carbocycles. The molecular weight excluding hydrogens is 290 g/mol. The fraction of sp³-hybridized carbons (Fsp3) is 0.364. The summed E-state index contributed by atoms with van der Waals surface area (Å²) in [5, 5.41) is 10.6. The molecule has 0 saturated heterocycles. The van der Waals surface area contributed by atoms with E-state index in [-0.39, 0.29) is 23.2 Å². The minimum Gasteiger partial charge on any atom is -0.352 e. The first kappa shape index (κ1) is 17.8. The standard InChI is InChI=1S/C11H17N3O3S.ClH/c1-13-7-6-11(15)14-8-9-2-4-10(5-3-9)18(12,16)17;/h2-5,13H,6-8H2,1H3,(H,14,15)(H2,12,16,17);1H. The lowest BCUT2D eigenvalue weighted by Gasteiger charge is -2.06. The summed E-state index contributed by atoms with van der Waals surface area (Å²) >= 11 is 0. The molecule has 0 spiro atoms. The summed E-state index contributed by atoms with van der Waals surface area (Å²) in [4.78, 5) is 11.4. The summed E-state index contributed by atoms with van der Waals surface area (Å²) in [6.45, 7) is 0.990. The van der Waals surface area contributed by atoms with Gasteiger partial charge < -0.3 is 10.6 Å². The quantitative estimate of drug-likeness (QED) is 0.687. The molecule has 0 heterocycles. The first-order valence-electron chi connectivity index (χ1n) is 5.46. The van der Waals surface area contributed by atoms with Crippen molar-refractivity contribution >= 4 is 28.3 Å². The smallest absolute Gasteiger partial charge is 0.238 e. The lowest BCUT2D eigenvalue weighted by atomic mass is 10.2. The topological polar surface area (TPSA) is 101 Å². The van der Waals surface area contributed by atoms with E-state index in [1.807, 2.05) is 0 Å². The number of amides is 1. The zero-order valence-corrected chi connectivity index (χ0v) is 12.2. The maximum Gasteiger partial charge on any atom is 0.238 e. The van der Waals surface area contributed by atoms with Crippen LogP contribution in [0.25, 0.3) is 0 Å². The van der Waals surface area contributed by atoms with Crippen molar-refractivity contribution in [3.05, 3.63) is 29.8 Å². The predicted molar refractivity (Wildman–Crippen MR) is 75.5 cm³/mol. The fourth-order valence-electron chi connectivity index (χ4n) is 1.32. The molecule has 0 saturated carbocycles. The summed E-state index contributed by atoms with van der Waals surface area (Å²) < 4.78 is 22.1. The Hall–Kier alpha value is -1.15. The van der Waals surface area contributed by atoms with Gasteiger partial charge in [-0.2, -0.15) is 0 Å². The van der Waals surface area contributed by atoms with Crippen LogP contribution in [0.5, 0.6) is 0 Å². The molecule has 0 radical (unpaired) electrons. The van der Waals surface area contributed by atoms with E-state index in [0.717, 1.165) is 5.56 Å². The van der Waals surface area contributed by atoms with Gasteiger partial charge in [-0.3, -0.25) is 4.79 Å². The Morgan fingerprint density at radius 1 is 1.26 bits per heavy atom. The molecule has 0 bridgehead atoms. The van der Waals surface area contributed by atoms with Crippen LogP contribution in [0.3, 0.4) is 0 Å². The maximum absolute atomic E-state index is 11.3. The van der Waals surface area contributed by atoms with Crippen LogP contribution in [0, 0.1) is 0 Å². The summed E-state index contributed by atoms with van der Waals surface area (Å²) in [5.74, 6) is -0.0557. The number of primary sulfonamides is 1. The highest BCUT2D eigenvalue weighted by atomic mass is 35.5. The number of benzene rings is 1. The highest BCUT2D eigenvalue weighted by Gasteiger charge is 2.07. The van der Waals surface area contributed by atoms with Gasteiger partial charge in [0.2, 0.25) is 15.9 Å². The van der Waals surface area contributed by atoms with Crippen LogP contribution in [0.1, 0.15) is 12.0 Å². The third-order valence-electron chi connectivity index (χ3n) is 2.34. The minimum atomic E-state index is -3.66. The average Bonchev–Trinajstić information content (AvgIpc) is 2.33. The van der Waals surface area contributed by atoms with E-state index in [1.54, 1.807) is 19.2 Å². The van der Waals surface area contributed by atoms with Crippen molar-refractivity contribution in [2.75, 3.05) is 13.6 Å². The van der Waals surface area contributed by atoms with Crippen molar-refractivity contribution < 1.29 is 13.2 Å². The maximum atomic E-state index is 11.3.